The molecule has 21 heavy (non-hydrogen) atoms. The van der Waals surface area contributed by atoms with E-state index in [0.29, 0.717) is 21.5 Å². The van der Waals surface area contributed by atoms with Gasteiger partial charge in [0.15, 0.2) is 11.0 Å². The minimum Gasteiger partial charge on any atom is -0.388 e. The Hall–Kier alpha value is -1.11. The quantitative estimate of drug-likeness (QED) is 0.667. The standard InChI is InChI=1S/C14H17ClN4OS/c1-14(20)5-3-4-10(14)18-12-11-8(9(15)7-16-12)6-17-13(19-11)21-2/h6-7,10,20H,3-5H2,1-2H3,(H,16,18)/t10?,14-/m1/s1. The van der Waals surface area contributed by atoms with E-state index in [1.165, 1.54) is 11.8 Å². The monoisotopic (exact) mass is 324 g/mol. The van der Waals surface area contributed by atoms with Gasteiger partial charge in [0.2, 0.25) is 0 Å². The highest BCUT2D eigenvalue weighted by Gasteiger charge is 2.37. The topological polar surface area (TPSA) is 70.9 Å². The van der Waals surface area contributed by atoms with Crippen LogP contribution in [0.4, 0.5) is 5.82 Å². The molecule has 1 aliphatic carbocycles. The first kappa shape index (κ1) is 14.8. The lowest BCUT2D eigenvalue weighted by molar-refractivity contribution is 0.0578. The predicted molar refractivity (Wildman–Crippen MR) is 86.0 cm³/mol. The van der Waals surface area contributed by atoms with Crippen LogP contribution in [0.15, 0.2) is 17.6 Å². The maximum Gasteiger partial charge on any atom is 0.187 e. The van der Waals surface area contributed by atoms with Crippen molar-refractivity contribution in [2.45, 2.75) is 43.0 Å². The van der Waals surface area contributed by atoms with Gasteiger partial charge >= 0.3 is 0 Å². The van der Waals surface area contributed by atoms with E-state index in [4.69, 9.17) is 11.6 Å². The molecule has 0 bridgehead atoms. The number of anilines is 1. The van der Waals surface area contributed by atoms with Crippen molar-refractivity contribution in [1.82, 2.24) is 15.0 Å². The van der Waals surface area contributed by atoms with Crippen molar-refractivity contribution in [3.05, 3.63) is 17.4 Å². The molecule has 0 radical (unpaired) electrons. The number of halogens is 1. The van der Waals surface area contributed by atoms with Gasteiger partial charge in [-0.05, 0) is 32.4 Å². The van der Waals surface area contributed by atoms with Gasteiger partial charge in [-0.2, -0.15) is 0 Å². The van der Waals surface area contributed by atoms with Crippen LogP contribution in [-0.2, 0) is 0 Å². The first-order valence-electron chi connectivity index (χ1n) is 6.85. The maximum atomic E-state index is 10.4. The summed E-state index contributed by atoms with van der Waals surface area (Å²) in [6, 6.07) is -0.0259. The van der Waals surface area contributed by atoms with Crippen molar-refractivity contribution in [2.75, 3.05) is 11.6 Å². The highest BCUT2D eigenvalue weighted by molar-refractivity contribution is 7.98. The third kappa shape index (κ3) is 2.80. The number of rotatable bonds is 3. The molecule has 112 valence electrons. The Morgan fingerprint density at radius 3 is 2.90 bits per heavy atom. The summed E-state index contributed by atoms with van der Waals surface area (Å²) in [6.45, 7) is 1.86. The second-order valence-corrected chi connectivity index (χ2v) is 6.70. The van der Waals surface area contributed by atoms with E-state index in [0.717, 1.165) is 24.6 Å². The van der Waals surface area contributed by atoms with E-state index >= 15 is 0 Å². The average molecular weight is 325 g/mol. The molecule has 1 unspecified atom stereocenters. The molecule has 3 rings (SSSR count). The molecule has 7 heteroatoms. The van der Waals surface area contributed by atoms with Crippen molar-refractivity contribution in [1.29, 1.82) is 0 Å². The molecule has 2 aromatic heterocycles. The summed E-state index contributed by atoms with van der Waals surface area (Å²) in [5.74, 6) is 0.652. The molecule has 0 amide bonds. The number of aromatic nitrogens is 3. The van der Waals surface area contributed by atoms with Gasteiger partial charge in [-0.3, -0.25) is 0 Å². The molecule has 2 heterocycles. The highest BCUT2D eigenvalue weighted by Crippen LogP contribution is 2.34. The van der Waals surface area contributed by atoms with Crippen LogP contribution in [-0.4, -0.2) is 38.0 Å². The summed E-state index contributed by atoms with van der Waals surface area (Å²) in [6.07, 6.45) is 7.95. The van der Waals surface area contributed by atoms with Gasteiger partial charge < -0.3 is 10.4 Å². The van der Waals surface area contributed by atoms with Crippen LogP contribution in [0, 0.1) is 0 Å². The second kappa shape index (κ2) is 5.59. The number of aliphatic hydroxyl groups is 1. The van der Waals surface area contributed by atoms with Gasteiger partial charge in [0.05, 0.1) is 16.7 Å². The molecule has 0 aliphatic heterocycles. The van der Waals surface area contributed by atoms with Crippen LogP contribution in [0.2, 0.25) is 5.02 Å². The number of fused-ring (bicyclic) bond motifs is 1. The number of pyridine rings is 1. The number of nitrogens with one attached hydrogen (secondary N) is 1. The average Bonchev–Trinajstić information content (AvgIpc) is 2.80. The molecule has 0 saturated heterocycles. The van der Waals surface area contributed by atoms with Crippen LogP contribution < -0.4 is 5.32 Å². The largest absolute Gasteiger partial charge is 0.388 e. The molecule has 1 aliphatic rings. The minimum absolute atomic E-state index is 0.0259. The summed E-state index contributed by atoms with van der Waals surface area (Å²) in [5.41, 5.74) is -0.0206. The van der Waals surface area contributed by atoms with Gasteiger partial charge in [0, 0.05) is 17.8 Å². The second-order valence-electron chi connectivity index (χ2n) is 5.52. The van der Waals surface area contributed by atoms with Crippen LogP contribution in [0.3, 0.4) is 0 Å². The zero-order valence-corrected chi connectivity index (χ0v) is 13.5. The van der Waals surface area contributed by atoms with E-state index in [2.05, 4.69) is 20.3 Å². The van der Waals surface area contributed by atoms with Crippen molar-refractivity contribution >= 4 is 40.1 Å². The predicted octanol–water partition coefficient (Wildman–Crippen LogP) is 3.12. The first-order valence-corrected chi connectivity index (χ1v) is 8.45. The third-order valence-electron chi connectivity index (χ3n) is 3.98. The van der Waals surface area contributed by atoms with Crippen molar-refractivity contribution in [3.8, 4) is 0 Å². The van der Waals surface area contributed by atoms with Gasteiger partial charge in [-0.25, -0.2) is 15.0 Å². The van der Waals surface area contributed by atoms with Crippen LogP contribution in [0.5, 0.6) is 0 Å². The zero-order valence-electron chi connectivity index (χ0n) is 11.9. The van der Waals surface area contributed by atoms with Gasteiger partial charge in [0.1, 0.15) is 5.52 Å². The van der Waals surface area contributed by atoms with Gasteiger partial charge in [-0.1, -0.05) is 23.4 Å². The fourth-order valence-electron chi connectivity index (χ4n) is 2.72. The number of nitrogens with zero attached hydrogens (tertiary/aromatic N) is 3. The normalized spacial score (nSPS) is 25.4. The number of thioether (sulfide) groups is 1. The highest BCUT2D eigenvalue weighted by atomic mass is 35.5. The molecule has 0 aromatic carbocycles. The van der Waals surface area contributed by atoms with Crippen molar-refractivity contribution < 1.29 is 5.11 Å². The summed E-state index contributed by atoms with van der Waals surface area (Å²) >= 11 is 7.64. The Labute approximate surface area is 132 Å². The van der Waals surface area contributed by atoms with E-state index in [1.807, 2.05) is 13.2 Å². The van der Waals surface area contributed by atoms with E-state index in [1.54, 1.807) is 12.4 Å². The summed E-state index contributed by atoms with van der Waals surface area (Å²) in [4.78, 5) is 13.1. The third-order valence-corrected chi connectivity index (χ3v) is 4.84. The molecular formula is C14H17ClN4OS. The van der Waals surface area contributed by atoms with Crippen molar-refractivity contribution in [2.24, 2.45) is 0 Å². The lowest BCUT2D eigenvalue weighted by atomic mass is 10.0. The van der Waals surface area contributed by atoms with Crippen LogP contribution in [0.25, 0.3) is 10.9 Å². The Morgan fingerprint density at radius 1 is 1.43 bits per heavy atom. The number of hydrogen-bond donors (Lipinski definition) is 2. The van der Waals surface area contributed by atoms with E-state index in [-0.39, 0.29) is 6.04 Å². The fraction of sp³-hybridized carbons (Fsp3) is 0.500. The number of hydrogen-bond acceptors (Lipinski definition) is 6. The SMILES string of the molecule is CSc1ncc2c(Cl)cnc(NC3CCC[C@@]3(C)O)c2n1. The van der Waals surface area contributed by atoms with Crippen LogP contribution >= 0.6 is 23.4 Å². The Bertz CT molecular complexity index is 679. The van der Waals surface area contributed by atoms with E-state index < -0.39 is 5.60 Å². The van der Waals surface area contributed by atoms with Crippen molar-refractivity contribution in [3.63, 3.8) is 0 Å². The maximum absolute atomic E-state index is 10.4. The zero-order chi connectivity index (χ0) is 15.0. The van der Waals surface area contributed by atoms with Gasteiger partial charge in [0.25, 0.3) is 0 Å². The van der Waals surface area contributed by atoms with E-state index in [9.17, 15) is 5.11 Å². The van der Waals surface area contributed by atoms with Crippen LogP contribution in [0.1, 0.15) is 26.2 Å². The lowest BCUT2D eigenvalue weighted by Gasteiger charge is -2.27. The summed E-state index contributed by atoms with van der Waals surface area (Å²) in [7, 11) is 0. The molecule has 1 saturated carbocycles. The lowest BCUT2D eigenvalue weighted by Crippen LogP contribution is -2.39. The molecule has 0 spiro atoms. The molecule has 2 aromatic rings. The molecule has 1 fully saturated rings. The molecule has 2 atom stereocenters. The summed E-state index contributed by atoms with van der Waals surface area (Å²) in [5, 5.41) is 15.7. The minimum atomic E-state index is -0.719. The first-order chi connectivity index (χ1) is 10.0. The van der Waals surface area contributed by atoms with Gasteiger partial charge in [-0.15, -0.1) is 0 Å². The Balaban J connectivity index is 2.03. The fourth-order valence-corrected chi connectivity index (χ4v) is 3.25. The summed E-state index contributed by atoms with van der Waals surface area (Å²) < 4.78 is 0. The smallest absolute Gasteiger partial charge is 0.187 e. The molecule has 2 N–H and O–H groups in total. The Kier molecular flexibility index (Phi) is 3.94. The molecule has 5 nitrogen and oxygen atoms in total. The molecular weight excluding hydrogens is 308 g/mol. The Morgan fingerprint density at radius 2 is 2.24 bits per heavy atom.